The molecule has 0 saturated heterocycles. The van der Waals surface area contributed by atoms with Gasteiger partial charge in [-0.2, -0.15) is 11.8 Å². The number of rotatable bonds is 8. The molecule has 1 aromatic carbocycles. The fourth-order valence-electron chi connectivity index (χ4n) is 1.93. The van der Waals surface area contributed by atoms with Crippen molar-refractivity contribution in [2.45, 2.75) is 38.3 Å². The predicted octanol–water partition coefficient (Wildman–Crippen LogP) is 2.76. The summed E-state index contributed by atoms with van der Waals surface area (Å²) < 4.78 is 0. The van der Waals surface area contributed by atoms with Crippen LogP contribution in [-0.4, -0.2) is 29.1 Å². The van der Waals surface area contributed by atoms with Crippen molar-refractivity contribution in [3.63, 3.8) is 0 Å². The van der Waals surface area contributed by atoms with Crippen LogP contribution in [0.2, 0.25) is 0 Å². The van der Waals surface area contributed by atoms with Gasteiger partial charge in [-0.15, -0.1) is 0 Å². The van der Waals surface area contributed by atoms with Gasteiger partial charge in [-0.25, -0.2) is 0 Å². The summed E-state index contributed by atoms with van der Waals surface area (Å²) in [5.41, 5.74) is 0.894. The fraction of sp³-hybridized carbons (Fsp3) is 0.533. The van der Waals surface area contributed by atoms with E-state index in [0.717, 1.165) is 17.7 Å². The van der Waals surface area contributed by atoms with Gasteiger partial charge >= 0.3 is 0 Å². The second-order valence-electron chi connectivity index (χ2n) is 4.73. The fourth-order valence-corrected chi connectivity index (χ4v) is 2.36. The largest absolute Gasteiger partial charge is 0.388 e. The molecule has 1 amide bonds. The molecule has 0 aliphatic heterocycles. The Balaban J connectivity index is 2.30. The molecule has 0 bridgehead atoms. The molecule has 1 rings (SSSR count). The first-order valence-corrected chi connectivity index (χ1v) is 8.04. The van der Waals surface area contributed by atoms with Crippen molar-refractivity contribution in [1.82, 2.24) is 5.32 Å². The number of carbonyl (C=O) groups is 1. The lowest BCUT2D eigenvalue weighted by molar-refractivity contribution is -0.121. The molecule has 0 aliphatic carbocycles. The monoisotopic (exact) mass is 281 g/mol. The maximum absolute atomic E-state index is 11.6. The minimum atomic E-state index is -0.525. The van der Waals surface area contributed by atoms with Gasteiger partial charge in [0.05, 0.1) is 6.10 Å². The maximum atomic E-state index is 11.6. The standard InChI is InChI=1S/C15H23NO2S/c1-12(16-15(18)9-6-10-19-2)11-14(17)13-7-4-3-5-8-13/h3-5,7-8,12,14,17H,6,9-11H2,1-2H3,(H,16,18). The number of thioether (sulfide) groups is 1. The van der Waals surface area contributed by atoms with Gasteiger partial charge in [-0.3, -0.25) is 4.79 Å². The highest BCUT2D eigenvalue weighted by molar-refractivity contribution is 7.98. The van der Waals surface area contributed by atoms with Crippen molar-refractivity contribution in [2.75, 3.05) is 12.0 Å². The van der Waals surface area contributed by atoms with Gasteiger partial charge in [0.2, 0.25) is 5.91 Å². The van der Waals surface area contributed by atoms with Gasteiger partial charge in [-0.1, -0.05) is 30.3 Å². The third-order valence-electron chi connectivity index (χ3n) is 2.92. The van der Waals surface area contributed by atoms with Gasteiger partial charge in [0.25, 0.3) is 0 Å². The highest BCUT2D eigenvalue weighted by Gasteiger charge is 2.13. The van der Waals surface area contributed by atoms with E-state index in [4.69, 9.17) is 0 Å². The van der Waals surface area contributed by atoms with E-state index in [1.807, 2.05) is 43.5 Å². The third kappa shape index (κ3) is 6.64. The number of benzene rings is 1. The number of amides is 1. The molecule has 0 aromatic heterocycles. The minimum absolute atomic E-state index is 0.0167. The van der Waals surface area contributed by atoms with E-state index in [1.165, 1.54) is 0 Å². The van der Waals surface area contributed by atoms with Gasteiger partial charge in [0.15, 0.2) is 0 Å². The second-order valence-corrected chi connectivity index (χ2v) is 5.71. The predicted molar refractivity (Wildman–Crippen MR) is 81.2 cm³/mol. The topological polar surface area (TPSA) is 49.3 Å². The minimum Gasteiger partial charge on any atom is -0.388 e. The molecule has 1 aromatic rings. The average Bonchev–Trinajstić information content (AvgIpc) is 2.39. The normalized spacial score (nSPS) is 13.8. The molecule has 2 N–H and O–H groups in total. The Hall–Kier alpha value is -1.00. The van der Waals surface area contributed by atoms with Crippen LogP contribution >= 0.6 is 11.8 Å². The lowest BCUT2D eigenvalue weighted by Crippen LogP contribution is -2.33. The summed E-state index contributed by atoms with van der Waals surface area (Å²) in [6.45, 7) is 1.93. The zero-order valence-corrected chi connectivity index (χ0v) is 12.5. The van der Waals surface area contributed by atoms with E-state index < -0.39 is 6.10 Å². The van der Waals surface area contributed by atoms with Crippen LogP contribution in [0, 0.1) is 0 Å². The molecular weight excluding hydrogens is 258 g/mol. The molecule has 106 valence electrons. The molecule has 19 heavy (non-hydrogen) atoms. The summed E-state index contributed by atoms with van der Waals surface area (Å²) in [5.74, 6) is 1.08. The van der Waals surface area contributed by atoms with Crippen molar-refractivity contribution in [3.8, 4) is 0 Å². The van der Waals surface area contributed by atoms with Crippen LogP contribution in [0.3, 0.4) is 0 Å². The molecule has 0 aliphatic rings. The quantitative estimate of drug-likeness (QED) is 0.720. The van der Waals surface area contributed by atoms with E-state index >= 15 is 0 Å². The van der Waals surface area contributed by atoms with E-state index in [-0.39, 0.29) is 11.9 Å². The number of nitrogens with one attached hydrogen (secondary N) is 1. The Morgan fingerprint density at radius 3 is 2.68 bits per heavy atom. The molecule has 2 unspecified atom stereocenters. The van der Waals surface area contributed by atoms with Crippen LogP contribution < -0.4 is 5.32 Å². The smallest absolute Gasteiger partial charge is 0.220 e. The summed E-state index contributed by atoms with van der Waals surface area (Å²) in [4.78, 5) is 11.6. The van der Waals surface area contributed by atoms with Gasteiger partial charge in [-0.05, 0) is 37.3 Å². The number of carbonyl (C=O) groups excluding carboxylic acids is 1. The number of hydrogen-bond acceptors (Lipinski definition) is 3. The van der Waals surface area contributed by atoms with E-state index in [2.05, 4.69) is 5.32 Å². The average molecular weight is 281 g/mol. The van der Waals surface area contributed by atoms with Crippen LogP contribution in [-0.2, 0) is 4.79 Å². The van der Waals surface area contributed by atoms with Gasteiger partial charge in [0.1, 0.15) is 0 Å². The molecule has 4 heteroatoms. The number of hydrogen-bond donors (Lipinski definition) is 2. The molecule has 0 fully saturated rings. The first-order chi connectivity index (χ1) is 9.13. The lowest BCUT2D eigenvalue weighted by atomic mass is 10.0. The Bertz CT molecular complexity index is 370. The van der Waals surface area contributed by atoms with E-state index in [9.17, 15) is 9.90 Å². The van der Waals surface area contributed by atoms with Gasteiger partial charge < -0.3 is 10.4 Å². The Kier molecular flexibility index (Phi) is 7.60. The van der Waals surface area contributed by atoms with Crippen LogP contribution in [0.15, 0.2) is 30.3 Å². The summed E-state index contributed by atoms with van der Waals surface area (Å²) in [7, 11) is 0. The second kappa shape index (κ2) is 8.99. The molecular formula is C15H23NO2S. The van der Waals surface area contributed by atoms with Crippen LogP contribution in [0.5, 0.6) is 0 Å². The zero-order valence-electron chi connectivity index (χ0n) is 11.6. The molecule has 0 heterocycles. The Labute approximate surface area is 119 Å². The maximum Gasteiger partial charge on any atom is 0.220 e. The lowest BCUT2D eigenvalue weighted by Gasteiger charge is -2.18. The van der Waals surface area contributed by atoms with Crippen molar-refractivity contribution in [3.05, 3.63) is 35.9 Å². The highest BCUT2D eigenvalue weighted by Crippen LogP contribution is 2.17. The van der Waals surface area contributed by atoms with Crippen molar-refractivity contribution >= 4 is 17.7 Å². The van der Waals surface area contributed by atoms with Crippen molar-refractivity contribution in [2.24, 2.45) is 0 Å². The van der Waals surface area contributed by atoms with Crippen LogP contribution in [0.25, 0.3) is 0 Å². The molecule has 0 radical (unpaired) electrons. The Morgan fingerprint density at radius 2 is 2.05 bits per heavy atom. The van der Waals surface area contributed by atoms with Crippen LogP contribution in [0.1, 0.15) is 37.9 Å². The third-order valence-corrected chi connectivity index (χ3v) is 3.62. The molecule has 3 nitrogen and oxygen atoms in total. The number of aliphatic hydroxyl groups is 1. The van der Waals surface area contributed by atoms with E-state index in [1.54, 1.807) is 11.8 Å². The zero-order chi connectivity index (χ0) is 14.1. The molecule has 2 atom stereocenters. The van der Waals surface area contributed by atoms with E-state index in [0.29, 0.717) is 12.8 Å². The molecule has 0 spiro atoms. The van der Waals surface area contributed by atoms with Crippen molar-refractivity contribution in [1.29, 1.82) is 0 Å². The summed E-state index contributed by atoms with van der Waals surface area (Å²) >= 11 is 1.75. The summed E-state index contributed by atoms with van der Waals surface area (Å²) in [6, 6.07) is 9.52. The SMILES string of the molecule is CSCCCC(=O)NC(C)CC(O)c1ccccc1. The molecule has 0 saturated carbocycles. The van der Waals surface area contributed by atoms with Gasteiger partial charge in [0, 0.05) is 12.5 Å². The Morgan fingerprint density at radius 1 is 1.37 bits per heavy atom. The number of aliphatic hydroxyl groups excluding tert-OH is 1. The first kappa shape index (κ1) is 16.1. The summed E-state index contributed by atoms with van der Waals surface area (Å²) in [6.07, 6.45) is 3.52. The summed E-state index contributed by atoms with van der Waals surface area (Å²) in [5, 5.41) is 13.0. The van der Waals surface area contributed by atoms with Crippen molar-refractivity contribution < 1.29 is 9.90 Å². The first-order valence-electron chi connectivity index (χ1n) is 6.64. The highest BCUT2D eigenvalue weighted by atomic mass is 32.2. The van der Waals surface area contributed by atoms with Crippen LogP contribution in [0.4, 0.5) is 0 Å².